The van der Waals surface area contributed by atoms with Crippen LogP contribution in [-0.2, 0) is 14.8 Å². The van der Waals surface area contributed by atoms with Crippen LogP contribution in [0, 0.1) is 0 Å². The number of carbonyl (C=O) groups excluding carboxylic acids is 1. The fraction of sp³-hybridized carbons (Fsp3) is 0.500. The highest BCUT2D eigenvalue weighted by Crippen LogP contribution is 2.18. The molecule has 1 amide bonds. The molecular formula is C14H23N3O3S. The van der Waals surface area contributed by atoms with E-state index in [0.29, 0.717) is 0 Å². The molecule has 0 saturated heterocycles. The highest BCUT2D eigenvalue weighted by Gasteiger charge is 2.21. The zero-order valence-corrected chi connectivity index (χ0v) is 13.7. The second-order valence-corrected chi connectivity index (χ2v) is 6.87. The van der Waals surface area contributed by atoms with Crippen molar-refractivity contribution in [2.75, 3.05) is 27.7 Å². The first-order valence-electron chi connectivity index (χ1n) is 6.77. The summed E-state index contributed by atoms with van der Waals surface area (Å²) in [4.78, 5) is 11.4. The highest BCUT2D eigenvalue weighted by molar-refractivity contribution is 7.89. The first-order valence-corrected chi connectivity index (χ1v) is 8.21. The summed E-state index contributed by atoms with van der Waals surface area (Å²) in [5, 5.41) is 5.57. The lowest BCUT2D eigenvalue weighted by molar-refractivity contribution is -0.120. The summed E-state index contributed by atoms with van der Waals surface area (Å²) in [6.07, 6.45) is 0.140. The lowest BCUT2D eigenvalue weighted by atomic mass is 10.1. The van der Waals surface area contributed by atoms with Crippen molar-refractivity contribution >= 4 is 15.9 Å². The minimum Gasteiger partial charge on any atom is -0.359 e. The van der Waals surface area contributed by atoms with Crippen molar-refractivity contribution < 1.29 is 13.2 Å². The van der Waals surface area contributed by atoms with E-state index in [1.54, 1.807) is 24.3 Å². The van der Waals surface area contributed by atoms with Crippen LogP contribution in [0.2, 0.25) is 0 Å². The third kappa shape index (κ3) is 4.52. The van der Waals surface area contributed by atoms with E-state index in [4.69, 9.17) is 0 Å². The lowest BCUT2D eigenvalue weighted by Gasteiger charge is -2.17. The van der Waals surface area contributed by atoms with Gasteiger partial charge in [0.25, 0.3) is 0 Å². The number of carbonyl (C=O) groups is 1. The highest BCUT2D eigenvalue weighted by atomic mass is 32.2. The van der Waals surface area contributed by atoms with Crippen LogP contribution in [0.1, 0.15) is 24.9 Å². The van der Waals surface area contributed by atoms with E-state index in [1.165, 1.54) is 18.4 Å². The molecule has 21 heavy (non-hydrogen) atoms. The number of rotatable bonds is 7. The Bertz CT molecular complexity index is 570. The molecule has 0 radical (unpaired) electrons. The van der Waals surface area contributed by atoms with Crippen LogP contribution >= 0.6 is 0 Å². The molecule has 7 heteroatoms. The van der Waals surface area contributed by atoms with Gasteiger partial charge in [-0.1, -0.05) is 12.1 Å². The molecule has 0 aliphatic carbocycles. The van der Waals surface area contributed by atoms with Gasteiger partial charge in [-0.15, -0.1) is 0 Å². The van der Waals surface area contributed by atoms with Crippen molar-refractivity contribution in [1.82, 2.24) is 14.9 Å². The molecular weight excluding hydrogens is 290 g/mol. The van der Waals surface area contributed by atoms with Gasteiger partial charge in [0.2, 0.25) is 15.9 Å². The molecule has 0 aliphatic rings. The van der Waals surface area contributed by atoms with Gasteiger partial charge >= 0.3 is 0 Å². The number of benzene rings is 1. The summed E-state index contributed by atoms with van der Waals surface area (Å²) in [6, 6.07) is 6.93. The van der Waals surface area contributed by atoms with Crippen molar-refractivity contribution in [3.63, 3.8) is 0 Å². The van der Waals surface area contributed by atoms with E-state index < -0.39 is 10.0 Å². The van der Waals surface area contributed by atoms with Crippen LogP contribution < -0.4 is 10.6 Å². The summed E-state index contributed by atoms with van der Waals surface area (Å²) >= 11 is 0. The van der Waals surface area contributed by atoms with Crippen LogP contribution in [-0.4, -0.2) is 46.3 Å². The van der Waals surface area contributed by atoms with E-state index >= 15 is 0 Å². The minimum absolute atomic E-state index is 0.140. The summed E-state index contributed by atoms with van der Waals surface area (Å²) in [7, 11) is 1.29. The number of hydrogen-bond acceptors (Lipinski definition) is 4. The predicted octanol–water partition coefficient (Wildman–Crippen LogP) is 0.724. The molecule has 1 rings (SSSR count). The predicted molar refractivity (Wildman–Crippen MR) is 82.4 cm³/mol. The van der Waals surface area contributed by atoms with Crippen LogP contribution in [0.4, 0.5) is 0 Å². The third-order valence-corrected chi connectivity index (χ3v) is 5.32. The Labute approximate surface area is 126 Å². The normalized spacial score (nSPS) is 13.2. The molecule has 2 N–H and O–H groups in total. The summed E-state index contributed by atoms with van der Waals surface area (Å²) in [6.45, 7) is 2.15. The Morgan fingerprint density at radius 3 is 2.29 bits per heavy atom. The Morgan fingerprint density at radius 2 is 1.81 bits per heavy atom. The Morgan fingerprint density at radius 1 is 1.24 bits per heavy atom. The van der Waals surface area contributed by atoms with E-state index in [9.17, 15) is 13.2 Å². The Hall–Kier alpha value is -1.44. The average molecular weight is 313 g/mol. The van der Waals surface area contributed by atoms with Crippen LogP contribution in [0.5, 0.6) is 0 Å². The quantitative estimate of drug-likeness (QED) is 0.777. The first-order chi connectivity index (χ1) is 9.82. The monoisotopic (exact) mass is 313 g/mol. The van der Waals surface area contributed by atoms with Gasteiger partial charge in [0.15, 0.2) is 0 Å². The van der Waals surface area contributed by atoms with Crippen LogP contribution in [0.3, 0.4) is 0 Å². The maximum Gasteiger partial charge on any atom is 0.242 e. The molecule has 1 unspecified atom stereocenters. The molecule has 0 aromatic heterocycles. The van der Waals surface area contributed by atoms with E-state index in [1.807, 2.05) is 14.0 Å². The summed E-state index contributed by atoms with van der Waals surface area (Å²) in [5.41, 5.74) is 1.02. The number of nitrogens with one attached hydrogen (secondary N) is 2. The van der Waals surface area contributed by atoms with E-state index in [0.717, 1.165) is 5.56 Å². The Kier molecular flexibility index (Phi) is 6.32. The summed E-state index contributed by atoms with van der Waals surface area (Å²) in [5.74, 6) is -0.185. The van der Waals surface area contributed by atoms with Crippen molar-refractivity contribution in [1.29, 1.82) is 0 Å². The smallest absolute Gasteiger partial charge is 0.242 e. The van der Waals surface area contributed by atoms with Crippen molar-refractivity contribution in [2.45, 2.75) is 24.3 Å². The molecule has 1 aromatic carbocycles. The van der Waals surface area contributed by atoms with E-state index in [-0.39, 0.29) is 29.8 Å². The fourth-order valence-corrected chi connectivity index (χ4v) is 2.95. The SMILES string of the molecule is CNC(=O)CCN(C)S(=O)(=O)c1ccc(C(C)NC)cc1. The Balaban J connectivity index is 2.84. The van der Waals surface area contributed by atoms with Crippen molar-refractivity contribution in [3.05, 3.63) is 29.8 Å². The van der Waals surface area contributed by atoms with Gasteiger partial charge in [0, 0.05) is 33.1 Å². The van der Waals surface area contributed by atoms with Crippen molar-refractivity contribution in [2.24, 2.45) is 0 Å². The molecule has 0 aliphatic heterocycles. The second-order valence-electron chi connectivity index (χ2n) is 4.83. The average Bonchev–Trinajstić information content (AvgIpc) is 2.51. The largest absolute Gasteiger partial charge is 0.359 e. The number of sulfonamides is 1. The molecule has 0 spiro atoms. The molecule has 0 fully saturated rings. The van der Waals surface area contributed by atoms with Gasteiger partial charge in [-0.05, 0) is 31.7 Å². The zero-order chi connectivity index (χ0) is 16.0. The third-order valence-electron chi connectivity index (χ3n) is 3.45. The standard InChI is InChI=1S/C14H23N3O3S/c1-11(15-2)12-5-7-13(8-6-12)21(19,20)17(4)10-9-14(18)16-3/h5-8,11,15H,9-10H2,1-4H3,(H,16,18). The van der Waals surface area contributed by atoms with Gasteiger partial charge in [-0.25, -0.2) is 12.7 Å². The van der Waals surface area contributed by atoms with Gasteiger partial charge in [0.05, 0.1) is 4.90 Å². The number of hydrogen-bond donors (Lipinski definition) is 2. The summed E-state index contributed by atoms with van der Waals surface area (Å²) < 4.78 is 25.9. The topological polar surface area (TPSA) is 78.5 Å². The molecule has 1 aromatic rings. The maximum atomic E-state index is 12.4. The van der Waals surface area contributed by atoms with Gasteiger partial charge in [0.1, 0.15) is 0 Å². The molecule has 0 saturated carbocycles. The minimum atomic E-state index is -3.56. The van der Waals surface area contributed by atoms with Gasteiger partial charge in [-0.2, -0.15) is 0 Å². The lowest BCUT2D eigenvalue weighted by Crippen LogP contribution is -2.31. The number of nitrogens with zero attached hydrogens (tertiary/aromatic N) is 1. The molecule has 0 bridgehead atoms. The van der Waals surface area contributed by atoms with E-state index in [2.05, 4.69) is 10.6 Å². The molecule has 1 atom stereocenters. The van der Waals surface area contributed by atoms with Crippen LogP contribution in [0.15, 0.2) is 29.2 Å². The first kappa shape index (κ1) is 17.6. The van der Waals surface area contributed by atoms with Gasteiger partial charge < -0.3 is 10.6 Å². The maximum absolute atomic E-state index is 12.4. The van der Waals surface area contributed by atoms with Crippen molar-refractivity contribution in [3.8, 4) is 0 Å². The fourth-order valence-electron chi connectivity index (χ4n) is 1.78. The zero-order valence-electron chi connectivity index (χ0n) is 12.9. The molecule has 0 heterocycles. The van der Waals surface area contributed by atoms with Gasteiger partial charge in [-0.3, -0.25) is 4.79 Å². The number of amides is 1. The molecule has 6 nitrogen and oxygen atoms in total. The van der Waals surface area contributed by atoms with Crippen LogP contribution in [0.25, 0.3) is 0 Å². The second kappa shape index (κ2) is 7.53. The molecule has 118 valence electrons.